The standard InChI is InChI=1S/C23H15N/c1-2-9-17(10-3-1)22-20-13-7-6-12-19(20)21-15-14-16-8-4-5-11-18(16)23(21)24-22/h1-15H. The number of benzene rings is 4. The molecule has 1 nitrogen and oxygen atoms in total. The molecule has 0 bridgehead atoms. The molecule has 1 heteroatoms. The van der Waals surface area contributed by atoms with Gasteiger partial charge in [-0.3, -0.25) is 0 Å². The van der Waals surface area contributed by atoms with Gasteiger partial charge in [0, 0.05) is 21.7 Å². The van der Waals surface area contributed by atoms with Crippen LogP contribution in [0.2, 0.25) is 0 Å². The highest BCUT2D eigenvalue weighted by atomic mass is 14.7. The Balaban J connectivity index is 2.02. The summed E-state index contributed by atoms with van der Waals surface area (Å²) in [5.74, 6) is 0. The molecule has 5 aromatic rings. The predicted molar refractivity (Wildman–Crippen MR) is 102 cm³/mol. The minimum Gasteiger partial charge on any atom is -0.246 e. The van der Waals surface area contributed by atoms with Crippen LogP contribution in [0.3, 0.4) is 0 Å². The molecular formula is C23H15N. The lowest BCUT2D eigenvalue weighted by atomic mass is 9.97. The van der Waals surface area contributed by atoms with Crippen molar-refractivity contribution in [3.63, 3.8) is 0 Å². The third kappa shape index (κ3) is 1.92. The molecule has 112 valence electrons. The summed E-state index contributed by atoms with van der Waals surface area (Å²) in [6.07, 6.45) is 0. The van der Waals surface area contributed by atoms with Crippen molar-refractivity contribution in [1.29, 1.82) is 0 Å². The van der Waals surface area contributed by atoms with Crippen molar-refractivity contribution in [2.75, 3.05) is 0 Å². The minimum absolute atomic E-state index is 1.05. The smallest absolute Gasteiger partial charge is 0.0794 e. The van der Waals surface area contributed by atoms with Crippen LogP contribution >= 0.6 is 0 Å². The van der Waals surface area contributed by atoms with E-state index in [0.717, 1.165) is 16.8 Å². The maximum Gasteiger partial charge on any atom is 0.0794 e. The van der Waals surface area contributed by atoms with Gasteiger partial charge in [0.2, 0.25) is 0 Å². The van der Waals surface area contributed by atoms with Crippen molar-refractivity contribution >= 4 is 32.4 Å². The van der Waals surface area contributed by atoms with Gasteiger partial charge >= 0.3 is 0 Å². The second-order valence-electron chi connectivity index (χ2n) is 6.05. The molecule has 0 spiro atoms. The lowest BCUT2D eigenvalue weighted by molar-refractivity contribution is 1.44. The first-order valence-electron chi connectivity index (χ1n) is 8.17. The zero-order valence-corrected chi connectivity index (χ0v) is 13.1. The van der Waals surface area contributed by atoms with Crippen LogP contribution in [-0.4, -0.2) is 4.98 Å². The lowest BCUT2D eigenvalue weighted by Gasteiger charge is -2.11. The number of nitrogens with zero attached hydrogens (tertiary/aromatic N) is 1. The molecule has 5 rings (SSSR count). The van der Waals surface area contributed by atoms with E-state index in [2.05, 4.69) is 84.9 Å². The number of rotatable bonds is 1. The molecule has 0 fully saturated rings. The van der Waals surface area contributed by atoms with Crippen LogP contribution in [0.5, 0.6) is 0 Å². The number of fused-ring (bicyclic) bond motifs is 5. The first-order chi connectivity index (χ1) is 11.9. The fourth-order valence-corrected chi connectivity index (χ4v) is 3.51. The summed E-state index contributed by atoms with van der Waals surface area (Å²) in [6, 6.07) is 31.8. The van der Waals surface area contributed by atoms with Gasteiger partial charge in [-0.15, -0.1) is 0 Å². The molecule has 0 atom stereocenters. The van der Waals surface area contributed by atoms with Crippen LogP contribution in [0.15, 0.2) is 91.0 Å². The summed E-state index contributed by atoms with van der Waals surface area (Å²) in [4.78, 5) is 5.10. The summed E-state index contributed by atoms with van der Waals surface area (Å²) < 4.78 is 0. The minimum atomic E-state index is 1.05. The van der Waals surface area contributed by atoms with Crippen molar-refractivity contribution in [2.45, 2.75) is 0 Å². The Bertz CT molecular complexity index is 1190. The maximum atomic E-state index is 5.10. The largest absolute Gasteiger partial charge is 0.246 e. The first-order valence-corrected chi connectivity index (χ1v) is 8.17. The molecule has 0 saturated carbocycles. The van der Waals surface area contributed by atoms with Crippen LogP contribution in [0.25, 0.3) is 43.7 Å². The Morgan fingerprint density at radius 2 is 1.12 bits per heavy atom. The lowest BCUT2D eigenvalue weighted by Crippen LogP contribution is -1.90. The average Bonchev–Trinajstić information content (AvgIpc) is 2.67. The van der Waals surface area contributed by atoms with Gasteiger partial charge in [0.15, 0.2) is 0 Å². The second-order valence-corrected chi connectivity index (χ2v) is 6.05. The topological polar surface area (TPSA) is 12.9 Å². The Kier molecular flexibility index (Phi) is 2.86. The van der Waals surface area contributed by atoms with E-state index in [1.807, 2.05) is 6.07 Å². The fraction of sp³-hybridized carbons (Fsp3) is 0. The summed E-state index contributed by atoms with van der Waals surface area (Å²) >= 11 is 0. The van der Waals surface area contributed by atoms with E-state index in [9.17, 15) is 0 Å². The van der Waals surface area contributed by atoms with E-state index in [0.29, 0.717) is 0 Å². The molecule has 0 radical (unpaired) electrons. The molecular weight excluding hydrogens is 290 g/mol. The summed E-state index contributed by atoms with van der Waals surface area (Å²) in [7, 11) is 0. The van der Waals surface area contributed by atoms with Crippen LogP contribution < -0.4 is 0 Å². The van der Waals surface area contributed by atoms with Gasteiger partial charge in [-0.2, -0.15) is 0 Å². The fourth-order valence-electron chi connectivity index (χ4n) is 3.51. The third-order valence-corrected chi connectivity index (χ3v) is 4.64. The summed E-state index contributed by atoms with van der Waals surface area (Å²) in [5, 5.41) is 6.10. The van der Waals surface area contributed by atoms with Gasteiger partial charge in [0.25, 0.3) is 0 Å². The van der Waals surface area contributed by atoms with Gasteiger partial charge in [-0.25, -0.2) is 4.98 Å². The normalized spacial score (nSPS) is 11.3. The van der Waals surface area contributed by atoms with E-state index in [1.165, 1.54) is 26.9 Å². The van der Waals surface area contributed by atoms with E-state index in [4.69, 9.17) is 4.98 Å². The van der Waals surface area contributed by atoms with E-state index in [1.54, 1.807) is 0 Å². The summed E-state index contributed by atoms with van der Waals surface area (Å²) in [6.45, 7) is 0. The predicted octanol–water partition coefficient (Wildman–Crippen LogP) is 6.21. The highest BCUT2D eigenvalue weighted by molar-refractivity contribution is 6.17. The van der Waals surface area contributed by atoms with Gasteiger partial charge < -0.3 is 0 Å². The molecule has 0 aliphatic rings. The Morgan fingerprint density at radius 3 is 1.96 bits per heavy atom. The second kappa shape index (κ2) is 5.17. The monoisotopic (exact) mass is 305 g/mol. The third-order valence-electron chi connectivity index (χ3n) is 4.64. The molecule has 4 aromatic carbocycles. The SMILES string of the molecule is c1ccc(-c2nc3c4ccccc4ccc3c3ccccc23)cc1. The average molecular weight is 305 g/mol. The molecule has 1 heterocycles. The van der Waals surface area contributed by atoms with Crippen molar-refractivity contribution in [2.24, 2.45) is 0 Å². The highest BCUT2D eigenvalue weighted by Gasteiger charge is 2.11. The van der Waals surface area contributed by atoms with Crippen molar-refractivity contribution in [3.8, 4) is 11.3 Å². The molecule has 24 heavy (non-hydrogen) atoms. The van der Waals surface area contributed by atoms with Crippen LogP contribution in [0, 0.1) is 0 Å². The number of hydrogen-bond acceptors (Lipinski definition) is 1. The van der Waals surface area contributed by atoms with Crippen LogP contribution in [-0.2, 0) is 0 Å². The summed E-state index contributed by atoms with van der Waals surface area (Å²) in [5.41, 5.74) is 3.28. The molecule has 0 amide bonds. The number of aromatic nitrogens is 1. The molecule has 1 aromatic heterocycles. The van der Waals surface area contributed by atoms with Crippen molar-refractivity contribution < 1.29 is 0 Å². The first kappa shape index (κ1) is 13.3. The van der Waals surface area contributed by atoms with Gasteiger partial charge in [-0.05, 0) is 10.8 Å². The molecule has 0 aliphatic heterocycles. The highest BCUT2D eigenvalue weighted by Crippen LogP contribution is 2.35. The van der Waals surface area contributed by atoms with E-state index in [-0.39, 0.29) is 0 Å². The van der Waals surface area contributed by atoms with Crippen LogP contribution in [0.1, 0.15) is 0 Å². The quantitative estimate of drug-likeness (QED) is 0.336. The maximum absolute atomic E-state index is 5.10. The number of pyridine rings is 1. The Morgan fingerprint density at radius 1 is 0.458 bits per heavy atom. The van der Waals surface area contributed by atoms with E-state index < -0.39 is 0 Å². The van der Waals surface area contributed by atoms with Gasteiger partial charge in [0.1, 0.15) is 0 Å². The molecule has 0 N–H and O–H groups in total. The Hall–Kier alpha value is -3.19. The molecule has 0 saturated heterocycles. The molecule has 0 unspecified atom stereocenters. The van der Waals surface area contributed by atoms with Crippen molar-refractivity contribution in [3.05, 3.63) is 91.0 Å². The molecule has 0 aliphatic carbocycles. The van der Waals surface area contributed by atoms with Crippen molar-refractivity contribution in [1.82, 2.24) is 4.98 Å². The van der Waals surface area contributed by atoms with Gasteiger partial charge in [-0.1, -0.05) is 91.0 Å². The van der Waals surface area contributed by atoms with Gasteiger partial charge in [0.05, 0.1) is 11.2 Å². The zero-order valence-electron chi connectivity index (χ0n) is 13.1. The van der Waals surface area contributed by atoms with Crippen LogP contribution in [0.4, 0.5) is 0 Å². The Labute approximate surface area is 140 Å². The number of hydrogen-bond donors (Lipinski definition) is 0. The zero-order chi connectivity index (χ0) is 15.9. The van der Waals surface area contributed by atoms with E-state index >= 15 is 0 Å².